The highest BCUT2D eigenvalue weighted by atomic mass is 16.6. The lowest BCUT2D eigenvalue weighted by molar-refractivity contribution is 0.359. The van der Waals surface area contributed by atoms with Gasteiger partial charge in [-0.1, -0.05) is 133 Å². The summed E-state index contributed by atoms with van der Waals surface area (Å²) in [5.74, 6) is 2.79. The Morgan fingerprint density at radius 2 is 0.864 bits per heavy atom. The first-order valence-corrected chi connectivity index (χ1v) is 20.2. The predicted octanol–water partition coefficient (Wildman–Crippen LogP) is 14.5. The lowest BCUT2D eigenvalue weighted by Crippen LogP contribution is -2.25. The van der Waals surface area contributed by atoms with Crippen molar-refractivity contribution in [1.82, 2.24) is 4.57 Å². The molecule has 0 atom stereocenters. The summed E-state index contributed by atoms with van der Waals surface area (Å²) in [5, 5.41) is 2.43. The van der Waals surface area contributed by atoms with Crippen molar-refractivity contribution in [3.05, 3.63) is 229 Å². The van der Waals surface area contributed by atoms with E-state index in [0.29, 0.717) is 17.2 Å². The van der Waals surface area contributed by atoms with E-state index in [1.165, 1.54) is 60.8 Å². The summed E-state index contributed by atoms with van der Waals surface area (Å²) in [7, 11) is 0. The fraction of sp³-hybridized carbons (Fsp3) is 0.0182. The number of aromatic nitrogens is 1. The fourth-order valence-electron chi connectivity index (χ4n) is 10.3. The zero-order valence-corrected chi connectivity index (χ0v) is 31.8. The molecule has 0 radical (unpaired) electrons. The molecule has 276 valence electrons. The van der Waals surface area contributed by atoms with Crippen LogP contribution in [0.25, 0.3) is 49.7 Å². The minimum Gasteiger partial charge on any atom is -0.449 e. The van der Waals surface area contributed by atoms with Crippen LogP contribution >= 0.6 is 0 Å². The Kier molecular flexibility index (Phi) is 6.62. The molecule has 0 bridgehead atoms. The van der Waals surface area contributed by atoms with Crippen molar-refractivity contribution < 1.29 is 9.47 Å². The first-order valence-electron chi connectivity index (χ1n) is 20.2. The molecule has 4 heteroatoms. The third kappa shape index (κ3) is 4.43. The van der Waals surface area contributed by atoms with Gasteiger partial charge >= 0.3 is 0 Å². The highest BCUT2D eigenvalue weighted by Gasteiger charge is 2.52. The zero-order chi connectivity index (χ0) is 38.7. The number of hydrogen-bond acceptors (Lipinski definition) is 3. The molecular weight excluding hydrogens is 721 g/mol. The van der Waals surface area contributed by atoms with Crippen molar-refractivity contribution >= 4 is 38.9 Å². The predicted molar refractivity (Wildman–Crippen MR) is 238 cm³/mol. The highest BCUT2D eigenvalue weighted by molar-refractivity contribution is 6.10. The Morgan fingerprint density at radius 1 is 0.339 bits per heavy atom. The van der Waals surface area contributed by atoms with Crippen molar-refractivity contribution in [2.24, 2.45) is 0 Å². The summed E-state index contributed by atoms with van der Waals surface area (Å²) in [4.78, 5) is 2.30. The third-order valence-corrected chi connectivity index (χ3v) is 12.6. The summed E-state index contributed by atoms with van der Waals surface area (Å²) < 4.78 is 16.1. The van der Waals surface area contributed by atoms with E-state index in [0.717, 1.165) is 34.0 Å². The highest BCUT2D eigenvalue weighted by Crippen LogP contribution is 2.64. The summed E-state index contributed by atoms with van der Waals surface area (Å²) >= 11 is 0. The maximum absolute atomic E-state index is 6.97. The van der Waals surface area contributed by atoms with Crippen LogP contribution in [0.4, 0.5) is 17.1 Å². The molecule has 0 saturated carbocycles. The number of para-hydroxylation sites is 3. The Morgan fingerprint density at radius 3 is 1.59 bits per heavy atom. The number of fused-ring (bicyclic) bond motifs is 15. The number of anilines is 3. The quantitative estimate of drug-likeness (QED) is 0.179. The molecule has 0 amide bonds. The molecule has 2 heterocycles. The van der Waals surface area contributed by atoms with Crippen LogP contribution in [-0.2, 0) is 5.41 Å². The zero-order valence-electron chi connectivity index (χ0n) is 31.8. The molecule has 10 aromatic rings. The van der Waals surface area contributed by atoms with Gasteiger partial charge in [-0.2, -0.15) is 0 Å². The Bertz CT molecular complexity index is 3300. The van der Waals surface area contributed by atoms with Gasteiger partial charge < -0.3 is 18.9 Å². The molecule has 0 fully saturated rings. The number of nitrogens with zero attached hydrogens (tertiary/aromatic N) is 2. The molecule has 4 nitrogen and oxygen atoms in total. The summed E-state index contributed by atoms with van der Waals surface area (Å²) in [6.07, 6.45) is 0. The maximum atomic E-state index is 6.97. The molecule has 1 aliphatic heterocycles. The van der Waals surface area contributed by atoms with E-state index in [1.54, 1.807) is 0 Å². The van der Waals surface area contributed by atoms with Crippen LogP contribution in [0.2, 0.25) is 0 Å². The molecular formula is C55H34N2O2. The van der Waals surface area contributed by atoms with Crippen LogP contribution in [0.3, 0.4) is 0 Å². The SMILES string of the molecule is c1ccc(N(c2ccc3c(c2)Oc2cc4c(cc2O3)-c2ccccc2C42c3ccccc3-c3ccccc32)c2ccc3c4ccccc4n(-c4ccccc4)c3c2)cc1. The van der Waals surface area contributed by atoms with Gasteiger partial charge in [-0.05, 0) is 111 Å². The number of rotatable bonds is 4. The van der Waals surface area contributed by atoms with Crippen LogP contribution in [0.5, 0.6) is 23.0 Å². The molecule has 9 aromatic carbocycles. The summed E-state index contributed by atoms with van der Waals surface area (Å²) in [5.41, 5.74) is 16.1. The molecule has 2 aliphatic carbocycles. The van der Waals surface area contributed by atoms with Gasteiger partial charge in [0.15, 0.2) is 23.0 Å². The van der Waals surface area contributed by atoms with Crippen molar-refractivity contribution in [2.45, 2.75) is 5.41 Å². The van der Waals surface area contributed by atoms with Crippen molar-refractivity contribution in [2.75, 3.05) is 4.90 Å². The third-order valence-electron chi connectivity index (χ3n) is 12.6. The average molecular weight is 755 g/mol. The van der Waals surface area contributed by atoms with Crippen LogP contribution in [0.1, 0.15) is 22.3 Å². The van der Waals surface area contributed by atoms with E-state index >= 15 is 0 Å². The molecule has 0 unspecified atom stereocenters. The lowest BCUT2D eigenvalue weighted by Gasteiger charge is -2.31. The van der Waals surface area contributed by atoms with Crippen molar-refractivity contribution in [3.8, 4) is 50.9 Å². The van der Waals surface area contributed by atoms with Gasteiger partial charge in [-0.25, -0.2) is 0 Å². The van der Waals surface area contributed by atoms with Gasteiger partial charge in [0.05, 0.1) is 22.1 Å². The smallest absolute Gasteiger partial charge is 0.172 e. The normalized spacial score (nSPS) is 13.5. The molecule has 0 saturated heterocycles. The van der Waals surface area contributed by atoms with Gasteiger partial charge in [0.25, 0.3) is 0 Å². The van der Waals surface area contributed by atoms with Gasteiger partial charge in [0.1, 0.15) is 0 Å². The molecule has 59 heavy (non-hydrogen) atoms. The number of ether oxygens (including phenoxy) is 2. The molecule has 0 N–H and O–H groups in total. The largest absolute Gasteiger partial charge is 0.449 e. The minimum absolute atomic E-state index is 0.468. The summed E-state index contributed by atoms with van der Waals surface area (Å²) in [6.45, 7) is 0. The van der Waals surface area contributed by atoms with Crippen LogP contribution in [-0.4, -0.2) is 4.57 Å². The van der Waals surface area contributed by atoms with E-state index in [9.17, 15) is 0 Å². The van der Waals surface area contributed by atoms with E-state index in [-0.39, 0.29) is 0 Å². The van der Waals surface area contributed by atoms with Crippen molar-refractivity contribution in [1.29, 1.82) is 0 Å². The molecule has 1 spiro atoms. The van der Waals surface area contributed by atoms with E-state index in [2.05, 4.69) is 210 Å². The number of hydrogen-bond donors (Lipinski definition) is 0. The molecule has 3 aliphatic rings. The van der Waals surface area contributed by atoms with Crippen LogP contribution in [0.15, 0.2) is 206 Å². The number of benzene rings is 9. The van der Waals surface area contributed by atoms with Crippen molar-refractivity contribution in [3.63, 3.8) is 0 Å². The Hall–Kier alpha value is -7.82. The molecule has 13 rings (SSSR count). The monoisotopic (exact) mass is 754 g/mol. The van der Waals surface area contributed by atoms with Crippen LogP contribution in [0, 0.1) is 0 Å². The second-order valence-corrected chi connectivity index (χ2v) is 15.6. The summed E-state index contributed by atoms with van der Waals surface area (Å²) in [6, 6.07) is 73.9. The average Bonchev–Trinajstić information content (AvgIpc) is 3.89. The first-order chi connectivity index (χ1) is 29.3. The van der Waals surface area contributed by atoms with Gasteiger partial charge in [0.2, 0.25) is 0 Å². The fourth-order valence-corrected chi connectivity index (χ4v) is 10.3. The first kappa shape index (κ1) is 32.3. The van der Waals surface area contributed by atoms with Gasteiger partial charge in [0, 0.05) is 33.9 Å². The Balaban J connectivity index is 0.963. The van der Waals surface area contributed by atoms with Gasteiger partial charge in [-0.3, -0.25) is 0 Å². The second kappa shape index (κ2) is 12.1. The lowest BCUT2D eigenvalue weighted by atomic mass is 9.70. The molecule has 1 aromatic heterocycles. The standard InChI is InChI=1S/C55H34N2O2/c1-3-15-35(16-4-1)56(37-27-29-43-42-22-10-14-26-49(42)57(50(43)31-37)36-17-5-2-6-18-36)38-28-30-51-52(32-38)59-54-34-48-44(33-53(54)58-51)41-21-9-13-25-47(41)55(48)45-23-11-7-19-39(45)40-20-8-12-24-46(40)55/h1-34H. The minimum atomic E-state index is -0.468. The van der Waals surface area contributed by atoms with Crippen LogP contribution < -0.4 is 14.4 Å². The van der Waals surface area contributed by atoms with E-state index < -0.39 is 5.41 Å². The maximum Gasteiger partial charge on any atom is 0.172 e. The topological polar surface area (TPSA) is 26.6 Å². The van der Waals surface area contributed by atoms with E-state index in [4.69, 9.17) is 9.47 Å². The Labute approximate surface area is 341 Å². The second-order valence-electron chi connectivity index (χ2n) is 15.6. The van der Waals surface area contributed by atoms with E-state index in [1.807, 2.05) is 6.07 Å². The van der Waals surface area contributed by atoms with Gasteiger partial charge in [-0.15, -0.1) is 0 Å².